The first-order chi connectivity index (χ1) is 9.11. The summed E-state index contributed by atoms with van der Waals surface area (Å²) in [6.45, 7) is 1.19. The van der Waals surface area contributed by atoms with Crippen molar-refractivity contribution in [3.8, 4) is 5.75 Å². The Hall–Kier alpha value is -0.590. The van der Waals surface area contributed by atoms with E-state index < -0.39 is 6.10 Å². The third-order valence-electron chi connectivity index (χ3n) is 3.04. The number of amides is 1. The summed E-state index contributed by atoms with van der Waals surface area (Å²) in [6, 6.07) is 3.82. The zero-order chi connectivity index (χ0) is 13.8. The fraction of sp³-hybridized carbons (Fsp3) is 0.462. The number of hydrogen-bond donors (Lipinski definition) is 2. The lowest BCUT2D eigenvalue weighted by Gasteiger charge is -2.18. The molecule has 0 aliphatic carbocycles. The maximum absolute atomic E-state index is 11.9. The number of nitrogens with one attached hydrogen (secondary N) is 1. The molecule has 1 aliphatic heterocycles. The van der Waals surface area contributed by atoms with Gasteiger partial charge >= 0.3 is 0 Å². The fourth-order valence-corrected chi connectivity index (χ4v) is 3.48. The summed E-state index contributed by atoms with van der Waals surface area (Å²) in [5.41, 5.74) is 6.61. The molecule has 104 valence electrons. The normalized spacial score (nSPS) is 19.7. The van der Waals surface area contributed by atoms with Gasteiger partial charge in [-0.05, 0) is 68.8 Å². The van der Waals surface area contributed by atoms with Gasteiger partial charge in [-0.1, -0.05) is 0 Å². The SMILES string of the molecule is NCc1cc(Br)c(OC2CCCCNC2=O)c(Br)c1. The van der Waals surface area contributed by atoms with Gasteiger partial charge in [-0.15, -0.1) is 0 Å². The Labute approximate surface area is 129 Å². The van der Waals surface area contributed by atoms with E-state index in [0.29, 0.717) is 12.3 Å². The Morgan fingerprint density at radius 3 is 2.63 bits per heavy atom. The van der Waals surface area contributed by atoms with Crippen LogP contribution in [0.3, 0.4) is 0 Å². The number of ether oxygens (including phenoxy) is 1. The predicted octanol–water partition coefficient (Wildman–Crippen LogP) is 2.72. The third kappa shape index (κ3) is 3.70. The molecule has 1 atom stereocenters. The van der Waals surface area contributed by atoms with E-state index in [0.717, 1.165) is 40.3 Å². The molecule has 0 saturated carbocycles. The molecule has 1 aliphatic rings. The maximum Gasteiger partial charge on any atom is 0.261 e. The number of rotatable bonds is 3. The molecule has 0 aromatic heterocycles. The molecule has 0 radical (unpaired) electrons. The summed E-state index contributed by atoms with van der Waals surface area (Å²) < 4.78 is 7.47. The minimum absolute atomic E-state index is 0.0424. The Morgan fingerprint density at radius 1 is 1.32 bits per heavy atom. The van der Waals surface area contributed by atoms with Crippen molar-refractivity contribution >= 4 is 37.8 Å². The van der Waals surface area contributed by atoms with Gasteiger partial charge in [0, 0.05) is 13.1 Å². The summed E-state index contributed by atoms with van der Waals surface area (Å²) in [5.74, 6) is 0.610. The first-order valence-electron chi connectivity index (χ1n) is 6.24. The summed E-state index contributed by atoms with van der Waals surface area (Å²) >= 11 is 6.93. The van der Waals surface area contributed by atoms with Gasteiger partial charge in [0.1, 0.15) is 5.75 Å². The summed E-state index contributed by atoms with van der Waals surface area (Å²) in [5, 5.41) is 2.86. The van der Waals surface area contributed by atoms with Crippen LogP contribution in [0.1, 0.15) is 24.8 Å². The monoisotopic (exact) mass is 390 g/mol. The van der Waals surface area contributed by atoms with E-state index in [-0.39, 0.29) is 5.91 Å². The second-order valence-corrected chi connectivity index (χ2v) is 6.19. The van der Waals surface area contributed by atoms with Gasteiger partial charge in [-0.3, -0.25) is 4.79 Å². The molecule has 1 aromatic rings. The van der Waals surface area contributed by atoms with Crippen LogP contribution in [-0.4, -0.2) is 18.6 Å². The highest BCUT2D eigenvalue weighted by atomic mass is 79.9. The first kappa shape index (κ1) is 14.8. The van der Waals surface area contributed by atoms with Crippen LogP contribution in [-0.2, 0) is 11.3 Å². The minimum atomic E-state index is -0.432. The highest BCUT2D eigenvalue weighted by Gasteiger charge is 2.24. The van der Waals surface area contributed by atoms with Gasteiger partial charge in [-0.2, -0.15) is 0 Å². The van der Waals surface area contributed by atoms with Crippen LogP contribution in [0.5, 0.6) is 5.75 Å². The molecule has 1 fully saturated rings. The number of nitrogens with two attached hydrogens (primary N) is 1. The summed E-state index contributed by atoms with van der Waals surface area (Å²) in [4.78, 5) is 11.9. The zero-order valence-electron chi connectivity index (χ0n) is 10.4. The van der Waals surface area contributed by atoms with Crippen molar-refractivity contribution in [2.24, 2.45) is 5.73 Å². The standard InChI is InChI=1S/C13H16Br2N2O2/c14-9-5-8(7-16)6-10(15)12(9)19-11-3-1-2-4-17-13(11)18/h5-6,11H,1-4,7,16H2,(H,17,18). The molecule has 1 amide bonds. The minimum Gasteiger partial charge on any atom is -0.478 e. The predicted molar refractivity (Wildman–Crippen MR) is 81.0 cm³/mol. The summed E-state index contributed by atoms with van der Waals surface area (Å²) in [6.07, 6.45) is 2.29. The number of halogens is 2. The van der Waals surface area contributed by atoms with Gasteiger partial charge in [-0.25, -0.2) is 0 Å². The van der Waals surface area contributed by atoms with Gasteiger partial charge in [0.05, 0.1) is 8.95 Å². The van der Waals surface area contributed by atoms with Gasteiger partial charge < -0.3 is 15.8 Å². The lowest BCUT2D eigenvalue weighted by Crippen LogP contribution is -2.36. The molecule has 3 N–H and O–H groups in total. The molecule has 6 heteroatoms. The van der Waals surface area contributed by atoms with Crippen molar-refractivity contribution in [2.75, 3.05) is 6.54 Å². The molecular weight excluding hydrogens is 376 g/mol. The van der Waals surface area contributed by atoms with Gasteiger partial charge in [0.2, 0.25) is 0 Å². The second-order valence-electron chi connectivity index (χ2n) is 4.49. The molecule has 0 spiro atoms. The molecule has 1 unspecified atom stereocenters. The van der Waals surface area contributed by atoms with Crippen LogP contribution in [0.15, 0.2) is 21.1 Å². The average molecular weight is 392 g/mol. The van der Waals surface area contributed by atoms with E-state index in [9.17, 15) is 4.79 Å². The lowest BCUT2D eigenvalue weighted by molar-refractivity contribution is -0.127. The smallest absolute Gasteiger partial charge is 0.261 e. The molecule has 1 saturated heterocycles. The van der Waals surface area contributed by atoms with Crippen LogP contribution in [0.25, 0.3) is 0 Å². The Bertz CT molecular complexity index is 457. The molecule has 4 nitrogen and oxygen atoms in total. The second kappa shape index (κ2) is 6.72. The van der Waals surface area contributed by atoms with E-state index in [4.69, 9.17) is 10.5 Å². The van der Waals surface area contributed by atoms with Crippen LogP contribution in [0, 0.1) is 0 Å². The molecular formula is C13H16Br2N2O2. The maximum atomic E-state index is 11.9. The molecule has 0 bridgehead atoms. The van der Waals surface area contributed by atoms with Crippen LogP contribution in [0.4, 0.5) is 0 Å². The Kier molecular flexibility index (Phi) is 5.24. The summed E-state index contributed by atoms with van der Waals surface area (Å²) in [7, 11) is 0. The van der Waals surface area contributed by atoms with Crippen molar-refractivity contribution in [3.63, 3.8) is 0 Å². The van der Waals surface area contributed by atoms with E-state index in [2.05, 4.69) is 37.2 Å². The van der Waals surface area contributed by atoms with E-state index in [1.54, 1.807) is 0 Å². The molecule has 1 heterocycles. The van der Waals surface area contributed by atoms with Crippen molar-refractivity contribution in [2.45, 2.75) is 31.9 Å². The number of carbonyl (C=O) groups is 1. The number of carbonyl (C=O) groups excluding carboxylic acids is 1. The zero-order valence-corrected chi connectivity index (χ0v) is 13.6. The van der Waals surface area contributed by atoms with Gasteiger partial charge in [0.15, 0.2) is 6.10 Å². The van der Waals surface area contributed by atoms with E-state index in [1.165, 1.54) is 0 Å². The fourth-order valence-electron chi connectivity index (χ4n) is 2.01. The quantitative estimate of drug-likeness (QED) is 0.832. The van der Waals surface area contributed by atoms with E-state index in [1.807, 2.05) is 12.1 Å². The highest BCUT2D eigenvalue weighted by Crippen LogP contribution is 2.36. The van der Waals surface area contributed by atoms with Crippen LogP contribution >= 0.6 is 31.9 Å². The van der Waals surface area contributed by atoms with Crippen LogP contribution < -0.4 is 15.8 Å². The van der Waals surface area contributed by atoms with Crippen molar-refractivity contribution in [3.05, 3.63) is 26.6 Å². The van der Waals surface area contributed by atoms with Crippen molar-refractivity contribution in [1.29, 1.82) is 0 Å². The highest BCUT2D eigenvalue weighted by molar-refractivity contribution is 9.11. The third-order valence-corrected chi connectivity index (χ3v) is 4.22. The van der Waals surface area contributed by atoms with Gasteiger partial charge in [0.25, 0.3) is 5.91 Å². The Morgan fingerprint density at radius 2 is 2.00 bits per heavy atom. The molecule has 1 aromatic carbocycles. The van der Waals surface area contributed by atoms with Crippen LogP contribution in [0.2, 0.25) is 0 Å². The lowest BCUT2D eigenvalue weighted by atomic mass is 10.1. The molecule has 19 heavy (non-hydrogen) atoms. The average Bonchev–Trinajstić information content (AvgIpc) is 2.58. The van der Waals surface area contributed by atoms with E-state index >= 15 is 0 Å². The number of hydrogen-bond acceptors (Lipinski definition) is 3. The largest absolute Gasteiger partial charge is 0.478 e. The van der Waals surface area contributed by atoms with Crippen molar-refractivity contribution < 1.29 is 9.53 Å². The number of benzene rings is 1. The Balaban J connectivity index is 2.20. The topological polar surface area (TPSA) is 64.3 Å². The van der Waals surface area contributed by atoms with Crippen molar-refractivity contribution in [1.82, 2.24) is 5.32 Å². The molecule has 2 rings (SSSR count). The first-order valence-corrected chi connectivity index (χ1v) is 7.82.